The highest BCUT2D eigenvalue weighted by atomic mass is 35.5. The molecule has 7 heteroatoms. The molecule has 1 atom stereocenters. The highest BCUT2D eigenvalue weighted by Gasteiger charge is 2.19. The first-order valence-electron chi connectivity index (χ1n) is 7.54. The molecule has 2 amide bonds. The summed E-state index contributed by atoms with van der Waals surface area (Å²) in [5, 5.41) is 5.71. The average Bonchev–Trinajstić information content (AvgIpc) is 2.63. The topological polar surface area (TPSA) is 76.7 Å². The number of rotatable bonds is 6. The average molecular weight is 363 g/mol. The Hall–Kier alpha value is -2.73. The molecule has 0 unspecified atom stereocenters. The second kappa shape index (κ2) is 8.39. The fraction of sp³-hybridized carbons (Fsp3) is 0.222. The van der Waals surface area contributed by atoms with Crippen LogP contribution in [0.2, 0.25) is 5.02 Å². The van der Waals surface area contributed by atoms with Gasteiger partial charge < -0.3 is 20.1 Å². The summed E-state index contributed by atoms with van der Waals surface area (Å²) in [5.74, 6) is 0.0651. The van der Waals surface area contributed by atoms with E-state index in [4.69, 9.17) is 21.1 Å². The first kappa shape index (κ1) is 18.6. The maximum atomic E-state index is 12.4. The number of carbonyl (C=O) groups excluding carboxylic acids is 2. The van der Waals surface area contributed by atoms with Gasteiger partial charge in [-0.05, 0) is 19.1 Å². The van der Waals surface area contributed by atoms with E-state index in [0.29, 0.717) is 27.8 Å². The summed E-state index contributed by atoms with van der Waals surface area (Å²) in [6.45, 7) is 1.59. The van der Waals surface area contributed by atoms with Crippen LogP contribution in [-0.2, 0) is 4.79 Å². The molecule has 2 aromatic rings. The van der Waals surface area contributed by atoms with Crippen molar-refractivity contribution in [2.24, 2.45) is 0 Å². The van der Waals surface area contributed by atoms with Crippen LogP contribution in [0, 0.1) is 0 Å². The van der Waals surface area contributed by atoms with Crippen molar-refractivity contribution < 1.29 is 19.1 Å². The molecule has 0 saturated heterocycles. The second-order valence-corrected chi connectivity index (χ2v) is 5.64. The predicted molar refractivity (Wildman–Crippen MR) is 96.6 cm³/mol. The van der Waals surface area contributed by atoms with E-state index in [1.54, 1.807) is 43.3 Å². The third-order valence-corrected chi connectivity index (χ3v) is 3.80. The first-order chi connectivity index (χ1) is 12.0. The van der Waals surface area contributed by atoms with E-state index in [-0.39, 0.29) is 5.91 Å². The van der Waals surface area contributed by atoms with Gasteiger partial charge in [0.15, 0.2) is 0 Å². The lowest BCUT2D eigenvalue weighted by Crippen LogP contribution is -2.41. The van der Waals surface area contributed by atoms with Crippen LogP contribution < -0.4 is 20.1 Å². The molecular formula is C18H19ClN2O4. The van der Waals surface area contributed by atoms with Crippen molar-refractivity contribution in [3.8, 4) is 11.5 Å². The Kier molecular flexibility index (Phi) is 6.25. The SMILES string of the molecule is COc1cc(NC(=O)[C@H](C)NC(=O)c2ccccc2)c(OC)cc1Cl. The maximum Gasteiger partial charge on any atom is 0.251 e. The van der Waals surface area contributed by atoms with Crippen molar-refractivity contribution in [2.45, 2.75) is 13.0 Å². The Morgan fingerprint density at radius 3 is 2.28 bits per heavy atom. The predicted octanol–water partition coefficient (Wildman–Crippen LogP) is 3.11. The zero-order valence-electron chi connectivity index (χ0n) is 14.1. The van der Waals surface area contributed by atoms with E-state index < -0.39 is 11.9 Å². The van der Waals surface area contributed by atoms with Gasteiger partial charge in [0, 0.05) is 17.7 Å². The van der Waals surface area contributed by atoms with Crippen molar-refractivity contribution in [1.82, 2.24) is 5.32 Å². The van der Waals surface area contributed by atoms with Crippen LogP contribution >= 0.6 is 11.6 Å². The molecule has 0 aliphatic rings. The molecule has 2 N–H and O–H groups in total. The summed E-state index contributed by atoms with van der Waals surface area (Å²) in [6.07, 6.45) is 0. The maximum absolute atomic E-state index is 12.4. The summed E-state index contributed by atoms with van der Waals surface area (Å²) in [7, 11) is 2.94. The largest absolute Gasteiger partial charge is 0.495 e. The van der Waals surface area contributed by atoms with Crippen LogP contribution in [0.3, 0.4) is 0 Å². The first-order valence-corrected chi connectivity index (χ1v) is 7.92. The van der Waals surface area contributed by atoms with Crippen molar-refractivity contribution in [3.63, 3.8) is 0 Å². The highest BCUT2D eigenvalue weighted by molar-refractivity contribution is 6.32. The monoisotopic (exact) mass is 362 g/mol. The molecule has 0 spiro atoms. The summed E-state index contributed by atoms with van der Waals surface area (Å²) < 4.78 is 10.4. The minimum atomic E-state index is -0.751. The van der Waals surface area contributed by atoms with Gasteiger partial charge in [-0.25, -0.2) is 0 Å². The minimum absolute atomic E-state index is 0.330. The van der Waals surface area contributed by atoms with Crippen LogP contribution in [0.4, 0.5) is 5.69 Å². The summed E-state index contributed by atoms with van der Waals surface area (Å²) in [6, 6.07) is 11.0. The molecule has 0 saturated carbocycles. The fourth-order valence-corrected chi connectivity index (χ4v) is 2.36. The number of carbonyl (C=O) groups is 2. The van der Waals surface area contributed by atoms with Gasteiger partial charge in [0.05, 0.1) is 24.9 Å². The number of anilines is 1. The van der Waals surface area contributed by atoms with Crippen LogP contribution in [0.5, 0.6) is 11.5 Å². The van der Waals surface area contributed by atoms with Crippen molar-refractivity contribution in [2.75, 3.05) is 19.5 Å². The van der Waals surface area contributed by atoms with Crippen LogP contribution in [0.1, 0.15) is 17.3 Å². The van der Waals surface area contributed by atoms with Crippen LogP contribution in [0.25, 0.3) is 0 Å². The minimum Gasteiger partial charge on any atom is -0.495 e. The van der Waals surface area contributed by atoms with E-state index in [1.165, 1.54) is 14.2 Å². The lowest BCUT2D eigenvalue weighted by atomic mass is 10.2. The van der Waals surface area contributed by atoms with E-state index in [0.717, 1.165) is 0 Å². The quantitative estimate of drug-likeness (QED) is 0.827. The zero-order valence-corrected chi connectivity index (χ0v) is 14.9. The lowest BCUT2D eigenvalue weighted by Gasteiger charge is -2.17. The van der Waals surface area contributed by atoms with Crippen LogP contribution in [-0.4, -0.2) is 32.1 Å². The number of ether oxygens (including phenoxy) is 2. The van der Waals surface area contributed by atoms with Crippen molar-refractivity contribution in [1.29, 1.82) is 0 Å². The molecule has 132 valence electrons. The Morgan fingerprint density at radius 2 is 1.68 bits per heavy atom. The van der Waals surface area contributed by atoms with E-state index in [2.05, 4.69) is 10.6 Å². The molecule has 6 nitrogen and oxygen atoms in total. The molecule has 2 rings (SSSR count). The molecule has 0 bridgehead atoms. The molecule has 0 radical (unpaired) electrons. The van der Waals surface area contributed by atoms with Gasteiger partial charge in [0.1, 0.15) is 17.5 Å². The number of hydrogen-bond acceptors (Lipinski definition) is 4. The summed E-state index contributed by atoms with van der Waals surface area (Å²) >= 11 is 6.04. The van der Waals surface area contributed by atoms with E-state index in [9.17, 15) is 9.59 Å². The van der Waals surface area contributed by atoms with E-state index in [1.807, 2.05) is 6.07 Å². The summed E-state index contributed by atoms with van der Waals surface area (Å²) in [4.78, 5) is 24.5. The fourth-order valence-electron chi connectivity index (χ4n) is 2.13. The molecular weight excluding hydrogens is 344 g/mol. The molecule has 25 heavy (non-hydrogen) atoms. The molecule has 0 aliphatic heterocycles. The molecule has 0 heterocycles. The lowest BCUT2D eigenvalue weighted by molar-refractivity contribution is -0.117. The number of nitrogens with one attached hydrogen (secondary N) is 2. The number of methoxy groups -OCH3 is 2. The number of benzene rings is 2. The third-order valence-electron chi connectivity index (χ3n) is 3.51. The third kappa shape index (κ3) is 4.64. The Morgan fingerprint density at radius 1 is 1.04 bits per heavy atom. The number of hydrogen-bond donors (Lipinski definition) is 2. The van der Waals surface area contributed by atoms with Crippen molar-refractivity contribution >= 4 is 29.1 Å². The van der Waals surface area contributed by atoms with Gasteiger partial charge in [-0.3, -0.25) is 9.59 Å². The van der Waals surface area contributed by atoms with Crippen LogP contribution in [0.15, 0.2) is 42.5 Å². The van der Waals surface area contributed by atoms with Gasteiger partial charge >= 0.3 is 0 Å². The number of amides is 2. The van der Waals surface area contributed by atoms with Gasteiger partial charge in [-0.15, -0.1) is 0 Å². The molecule has 0 aliphatic carbocycles. The smallest absolute Gasteiger partial charge is 0.251 e. The second-order valence-electron chi connectivity index (χ2n) is 5.24. The summed E-state index contributed by atoms with van der Waals surface area (Å²) in [5.41, 5.74) is 0.877. The van der Waals surface area contributed by atoms with Gasteiger partial charge in [-0.1, -0.05) is 29.8 Å². The van der Waals surface area contributed by atoms with Crippen molar-refractivity contribution in [3.05, 3.63) is 53.1 Å². The van der Waals surface area contributed by atoms with E-state index >= 15 is 0 Å². The standard InChI is InChI=1S/C18H19ClN2O4/c1-11(20-18(23)12-7-5-4-6-8-12)17(22)21-14-10-15(24-2)13(19)9-16(14)25-3/h4-11H,1-3H3,(H,20,23)(H,21,22)/t11-/m0/s1. The zero-order chi connectivity index (χ0) is 18.4. The number of halogens is 1. The molecule has 0 fully saturated rings. The normalized spacial score (nSPS) is 11.4. The Balaban J connectivity index is 2.09. The molecule has 2 aromatic carbocycles. The Bertz CT molecular complexity index is 765. The Labute approximate surface area is 151 Å². The molecule has 0 aromatic heterocycles. The highest BCUT2D eigenvalue weighted by Crippen LogP contribution is 2.35. The van der Waals surface area contributed by atoms with Gasteiger partial charge in [0.25, 0.3) is 5.91 Å². The van der Waals surface area contributed by atoms with Gasteiger partial charge in [0.2, 0.25) is 5.91 Å². The van der Waals surface area contributed by atoms with Gasteiger partial charge in [-0.2, -0.15) is 0 Å².